The molecule has 0 aliphatic carbocycles. The van der Waals surface area contributed by atoms with Crippen LogP contribution in [0.15, 0.2) is 36.9 Å². The number of hydrogen-bond acceptors (Lipinski definition) is 6. The Bertz CT molecular complexity index is 1450. The second-order valence-electron chi connectivity index (χ2n) is 8.33. The van der Waals surface area contributed by atoms with Gasteiger partial charge in [0.25, 0.3) is 5.91 Å². The van der Waals surface area contributed by atoms with Gasteiger partial charge in [0, 0.05) is 41.7 Å². The van der Waals surface area contributed by atoms with Crippen LogP contribution in [0.3, 0.4) is 0 Å². The summed E-state index contributed by atoms with van der Waals surface area (Å²) >= 11 is 7.95. The van der Waals surface area contributed by atoms with Crippen LogP contribution < -0.4 is 10.5 Å². The third-order valence-electron chi connectivity index (χ3n) is 6.45. The fraction of sp³-hybridized carbons (Fsp3) is 0.240. The summed E-state index contributed by atoms with van der Waals surface area (Å²) in [4.78, 5) is 28.8. The summed E-state index contributed by atoms with van der Waals surface area (Å²) in [5.74, 6) is -1.20. The van der Waals surface area contributed by atoms with Crippen molar-refractivity contribution in [3.8, 4) is 22.9 Å². The first-order valence-corrected chi connectivity index (χ1v) is 12.1. The average Bonchev–Trinajstić information content (AvgIpc) is 3.18. The van der Waals surface area contributed by atoms with Crippen molar-refractivity contribution in [2.24, 2.45) is 0 Å². The van der Waals surface area contributed by atoms with Gasteiger partial charge in [-0.25, -0.2) is 4.39 Å². The smallest absolute Gasteiger partial charge is 0.258 e. The number of carbonyl (C=O) groups is 2. The van der Waals surface area contributed by atoms with E-state index in [0.29, 0.717) is 42.0 Å². The minimum Gasteiger partial charge on any atom is -0.491 e. The molecular formula is C25H20ClFN4O3S. The van der Waals surface area contributed by atoms with E-state index in [1.165, 1.54) is 17.4 Å². The van der Waals surface area contributed by atoms with E-state index in [1.54, 1.807) is 28.0 Å². The van der Waals surface area contributed by atoms with Crippen LogP contribution in [0.2, 0.25) is 5.02 Å². The SMILES string of the molecule is C=CC(=O)N1CCN2C(=O)c3cc(F)c(-c4cccc5sc(N)c(C#N)c45)c(Cl)c3OCCC2C1. The summed E-state index contributed by atoms with van der Waals surface area (Å²) in [5.41, 5.74) is 6.77. The van der Waals surface area contributed by atoms with E-state index in [9.17, 15) is 14.9 Å². The summed E-state index contributed by atoms with van der Waals surface area (Å²) in [6.45, 7) is 4.76. The molecule has 1 saturated heterocycles. The van der Waals surface area contributed by atoms with Crippen LogP contribution in [0.25, 0.3) is 21.2 Å². The Morgan fingerprint density at radius 1 is 1.37 bits per heavy atom. The Labute approximate surface area is 209 Å². The highest BCUT2D eigenvalue weighted by atomic mass is 35.5. The highest BCUT2D eigenvalue weighted by molar-refractivity contribution is 7.23. The van der Waals surface area contributed by atoms with Gasteiger partial charge in [0.1, 0.15) is 16.9 Å². The number of piperazine rings is 1. The number of nitriles is 1. The number of rotatable bonds is 2. The van der Waals surface area contributed by atoms with Gasteiger partial charge in [-0.2, -0.15) is 5.26 Å². The van der Waals surface area contributed by atoms with Crippen molar-refractivity contribution < 1.29 is 18.7 Å². The third-order valence-corrected chi connectivity index (χ3v) is 7.80. The Balaban J connectivity index is 1.61. The second-order valence-corrected chi connectivity index (χ2v) is 9.80. The standard InChI is InChI=1S/C25H20ClFN4O3S/c1-2-19(32)30-7-8-31-13(12-30)6-9-34-23-15(25(31)33)10-17(27)21(22(23)26)14-4-3-5-18-20(14)16(11-28)24(29)35-18/h2-5,10,13H,1,6-9,12,29H2. The Morgan fingerprint density at radius 3 is 2.91 bits per heavy atom. The van der Waals surface area contributed by atoms with Gasteiger partial charge < -0.3 is 20.3 Å². The second kappa shape index (κ2) is 8.87. The number of benzene rings is 2. The van der Waals surface area contributed by atoms with Gasteiger partial charge in [-0.05, 0) is 23.8 Å². The summed E-state index contributed by atoms with van der Waals surface area (Å²) in [6, 6.07) is 8.18. The molecule has 1 unspecified atom stereocenters. The molecule has 3 aromatic rings. The van der Waals surface area contributed by atoms with Gasteiger partial charge in [0.05, 0.1) is 28.8 Å². The molecule has 1 atom stereocenters. The lowest BCUT2D eigenvalue weighted by Crippen LogP contribution is -2.57. The van der Waals surface area contributed by atoms with Crippen molar-refractivity contribution in [1.29, 1.82) is 5.26 Å². The summed E-state index contributed by atoms with van der Waals surface area (Å²) in [7, 11) is 0. The molecule has 178 valence electrons. The molecule has 10 heteroatoms. The summed E-state index contributed by atoms with van der Waals surface area (Å²) < 4.78 is 22.3. The lowest BCUT2D eigenvalue weighted by molar-refractivity contribution is -0.128. The highest BCUT2D eigenvalue weighted by Crippen LogP contribution is 2.46. The van der Waals surface area contributed by atoms with Crippen molar-refractivity contribution in [3.63, 3.8) is 0 Å². The van der Waals surface area contributed by atoms with E-state index >= 15 is 4.39 Å². The number of nitrogens with zero attached hydrogens (tertiary/aromatic N) is 3. The molecule has 2 N–H and O–H groups in total. The Morgan fingerprint density at radius 2 is 2.17 bits per heavy atom. The van der Waals surface area contributed by atoms with Crippen LogP contribution in [0.5, 0.6) is 5.75 Å². The predicted molar refractivity (Wildman–Crippen MR) is 133 cm³/mol. The number of fused-ring (bicyclic) bond motifs is 3. The van der Waals surface area contributed by atoms with Crippen molar-refractivity contribution in [2.45, 2.75) is 12.5 Å². The van der Waals surface area contributed by atoms with Gasteiger partial charge in [-0.1, -0.05) is 30.3 Å². The topological polar surface area (TPSA) is 99.7 Å². The van der Waals surface area contributed by atoms with Crippen LogP contribution in [-0.2, 0) is 4.79 Å². The van der Waals surface area contributed by atoms with Crippen LogP contribution in [0.4, 0.5) is 9.39 Å². The molecule has 1 aromatic heterocycles. The van der Waals surface area contributed by atoms with Crippen LogP contribution in [0, 0.1) is 17.1 Å². The normalized spacial score (nSPS) is 17.6. The first kappa shape index (κ1) is 23.1. The number of carbonyl (C=O) groups excluding carboxylic acids is 2. The molecule has 35 heavy (non-hydrogen) atoms. The largest absolute Gasteiger partial charge is 0.491 e. The Hall–Kier alpha value is -3.61. The molecule has 5 rings (SSSR count). The minimum atomic E-state index is -0.704. The maximum Gasteiger partial charge on any atom is 0.258 e. The van der Waals surface area contributed by atoms with E-state index < -0.39 is 11.7 Å². The van der Waals surface area contributed by atoms with E-state index in [2.05, 4.69) is 12.6 Å². The monoisotopic (exact) mass is 510 g/mol. The number of ether oxygens (including phenoxy) is 1. The van der Waals surface area contributed by atoms with Gasteiger partial charge in [-0.15, -0.1) is 11.3 Å². The summed E-state index contributed by atoms with van der Waals surface area (Å²) in [5, 5.41) is 10.5. The maximum absolute atomic E-state index is 15.7. The highest BCUT2D eigenvalue weighted by Gasteiger charge is 2.36. The van der Waals surface area contributed by atoms with E-state index in [1.807, 2.05) is 0 Å². The fourth-order valence-corrected chi connectivity index (χ4v) is 6.08. The van der Waals surface area contributed by atoms with Crippen molar-refractivity contribution in [2.75, 3.05) is 32.0 Å². The first-order valence-electron chi connectivity index (χ1n) is 10.9. The average molecular weight is 511 g/mol. The molecule has 2 amide bonds. The van der Waals surface area contributed by atoms with Crippen LogP contribution in [0.1, 0.15) is 22.3 Å². The number of hydrogen-bond donors (Lipinski definition) is 1. The zero-order valence-corrected chi connectivity index (χ0v) is 20.1. The van der Waals surface area contributed by atoms with Crippen LogP contribution >= 0.6 is 22.9 Å². The molecule has 3 heterocycles. The molecular weight excluding hydrogens is 491 g/mol. The number of anilines is 1. The minimum absolute atomic E-state index is 0.0296. The molecule has 7 nitrogen and oxygen atoms in total. The number of nitrogens with two attached hydrogens (primary N) is 1. The number of nitrogen functional groups attached to an aromatic ring is 1. The first-order chi connectivity index (χ1) is 16.8. The van der Waals surface area contributed by atoms with Crippen molar-refractivity contribution >= 4 is 49.8 Å². The molecule has 0 spiro atoms. The van der Waals surface area contributed by atoms with E-state index in [0.717, 1.165) is 10.8 Å². The zero-order valence-electron chi connectivity index (χ0n) is 18.5. The van der Waals surface area contributed by atoms with E-state index in [-0.39, 0.29) is 46.0 Å². The zero-order chi connectivity index (χ0) is 24.9. The fourth-order valence-electron chi connectivity index (χ4n) is 4.78. The Kier molecular flexibility index (Phi) is 5.87. The van der Waals surface area contributed by atoms with E-state index in [4.69, 9.17) is 22.1 Å². The summed E-state index contributed by atoms with van der Waals surface area (Å²) in [6.07, 6.45) is 1.73. The van der Waals surface area contributed by atoms with Gasteiger partial charge in [0.15, 0.2) is 5.75 Å². The lowest BCUT2D eigenvalue weighted by Gasteiger charge is -2.42. The van der Waals surface area contributed by atoms with Crippen molar-refractivity contribution in [1.82, 2.24) is 9.80 Å². The molecule has 0 saturated carbocycles. The molecule has 1 fully saturated rings. The molecule has 2 aromatic carbocycles. The number of amides is 2. The molecule has 2 aliphatic rings. The van der Waals surface area contributed by atoms with Crippen molar-refractivity contribution in [3.05, 3.63) is 58.9 Å². The van der Waals surface area contributed by atoms with Gasteiger partial charge >= 0.3 is 0 Å². The van der Waals surface area contributed by atoms with Gasteiger partial charge in [-0.3, -0.25) is 9.59 Å². The third kappa shape index (κ3) is 3.70. The maximum atomic E-state index is 15.7. The predicted octanol–water partition coefficient (Wildman–Crippen LogP) is 4.44. The van der Waals surface area contributed by atoms with Gasteiger partial charge in [0.2, 0.25) is 5.91 Å². The molecule has 0 radical (unpaired) electrons. The lowest BCUT2D eigenvalue weighted by atomic mass is 9.96. The number of thiophene rings is 1. The molecule has 0 bridgehead atoms. The quantitative estimate of drug-likeness (QED) is 0.514. The molecule has 2 aliphatic heterocycles. The van der Waals surface area contributed by atoms with Crippen LogP contribution in [-0.4, -0.2) is 53.9 Å². The number of halogens is 2.